The molecule has 100 valence electrons. The van der Waals surface area contributed by atoms with Crippen LogP contribution in [-0.2, 0) is 0 Å². The summed E-state index contributed by atoms with van der Waals surface area (Å²) in [5, 5.41) is 0. The van der Waals surface area contributed by atoms with Crippen molar-refractivity contribution in [3.05, 3.63) is 35.1 Å². The molecule has 2 heteroatoms. The maximum Gasteiger partial charge on any atom is 0.130 e. The molecule has 0 amide bonds. The topological polar surface area (TPSA) is 26.0 Å². The number of hydrogen-bond donors (Lipinski definition) is 1. The summed E-state index contributed by atoms with van der Waals surface area (Å²) in [6.07, 6.45) is 6.08. The molecule has 1 aliphatic carbocycles. The molecule has 1 aromatic carbocycles. The normalized spacial score (nSPS) is 26.0. The highest BCUT2D eigenvalue weighted by atomic mass is 19.1. The Labute approximate surface area is 110 Å². The van der Waals surface area contributed by atoms with Gasteiger partial charge < -0.3 is 5.73 Å². The smallest absolute Gasteiger partial charge is 0.130 e. The third-order valence-electron chi connectivity index (χ3n) is 4.49. The summed E-state index contributed by atoms with van der Waals surface area (Å²) < 4.78 is 14.1. The van der Waals surface area contributed by atoms with Crippen molar-refractivity contribution in [3.63, 3.8) is 0 Å². The van der Waals surface area contributed by atoms with Crippen LogP contribution in [0.1, 0.15) is 56.2 Å². The van der Waals surface area contributed by atoms with Crippen LogP contribution in [0, 0.1) is 24.6 Å². The lowest BCUT2D eigenvalue weighted by Gasteiger charge is -2.33. The fraction of sp³-hybridized carbons (Fsp3) is 0.625. The zero-order valence-corrected chi connectivity index (χ0v) is 11.5. The molecule has 2 N–H and O–H groups in total. The van der Waals surface area contributed by atoms with Crippen molar-refractivity contribution in [2.75, 3.05) is 0 Å². The molecular formula is C16H24FN. The highest BCUT2D eigenvalue weighted by Crippen LogP contribution is 2.38. The van der Waals surface area contributed by atoms with E-state index in [1.807, 2.05) is 12.1 Å². The lowest BCUT2D eigenvalue weighted by Crippen LogP contribution is -2.27. The van der Waals surface area contributed by atoms with Crippen molar-refractivity contribution in [1.29, 1.82) is 0 Å². The summed E-state index contributed by atoms with van der Waals surface area (Å²) >= 11 is 0. The average Bonchev–Trinajstić information content (AvgIpc) is 2.41. The van der Waals surface area contributed by atoms with Gasteiger partial charge in [0, 0.05) is 11.6 Å². The SMILES string of the molecule is CCC1CCCC(C(N)c2cccc(C)c2F)C1. The van der Waals surface area contributed by atoms with Gasteiger partial charge in [0.15, 0.2) is 0 Å². The molecular weight excluding hydrogens is 225 g/mol. The van der Waals surface area contributed by atoms with Gasteiger partial charge in [-0.1, -0.05) is 44.4 Å². The van der Waals surface area contributed by atoms with E-state index in [1.165, 1.54) is 19.3 Å². The fourth-order valence-corrected chi connectivity index (χ4v) is 3.21. The molecule has 0 aromatic heterocycles. The van der Waals surface area contributed by atoms with Crippen LogP contribution in [0.5, 0.6) is 0 Å². The predicted molar refractivity (Wildman–Crippen MR) is 73.8 cm³/mol. The van der Waals surface area contributed by atoms with E-state index in [4.69, 9.17) is 5.73 Å². The third-order valence-corrected chi connectivity index (χ3v) is 4.49. The molecule has 1 saturated carbocycles. The van der Waals surface area contributed by atoms with E-state index in [9.17, 15) is 4.39 Å². The van der Waals surface area contributed by atoms with Crippen LogP contribution < -0.4 is 5.73 Å². The first-order valence-corrected chi connectivity index (χ1v) is 7.14. The summed E-state index contributed by atoms with van der Waals surface area (Å²) in [7, 11) is 0. The van der Waals surface area contributed by atoms with E-state index in [0.29, 0.717) is 17.0 Å². The molecule has 1 nitrogen and oxygen atoms in total. The second-order valence-electron chi connectivity index (χ2n) is 5.70. The molecule has 3 atom stereocenters. The Balaban J connectivity index is 2.15. The van der Waals surface area contributed by atoms with Gasteiger partial charge in [-0.3, -0.25) is 0 Å². The minimum absolute atomic E-state index is 0.108. The van der Waals surface area contributed by atoms with E-state index < -0.39 is 0 Å². The largest absolute Gasteiger partial charge is 0.324 e. The van der Waals surface area contributed by atoms with Crippen LogP contribution in [0.2, 0.25) is 0 Å². The number of nitrogens with two attached hydrogens (primary N) is 1. The maximum atomic E-state index is 14.1. The summed E-state index contributed by atoms with van der Waals surface area (Å²) in [5.41, 5.74) is 7.72. The first-order valence-electron chi connectivity index (χ1n) is 7.14. The van der Waals surface area contributed by atoms with Gasteiger partial charge in [0.1, 0.15) is 5.82 Å². The number of benzene rings is 1. The van der Waals surface area contributed by atoms with Crippen molar-refractivity contribution in [1.82, 2.24) is 0 Å². The predicted octanol–water partition coefficient (Wildman–Crippen LogP) is 4.35. The van der Waals surface area contributed by atoms with Crippen molar-refractivity contribution >= 4 is 0 Å². The quantitative estimate of drug-likeness (QED) is 0.846. The maximum absolute atomic E-state index is 14.1. The zero-order valence-electron chi connectivity index (χ0n) is 11.5. The van der Waals surface area contributed by atoms with E-state index in [0.717, 1.165) is 18.8 Å². The van der Waals surface area contributed by atoms with Gasteiger partial charge in [0.25, 0.3) is 0 Å². The van der Waals surface area contributed by atoms with Gasteiger partial charge in [-0.05, 0) is 37.2 Å². The number of halogens is 1. The average molecular weight is 249 g/mol. The van der Waals surface area contributed by atoms with Crippen molar-refractivity contribution in [2.24, 2.45) is 17.6 Å². The third kappa shape index (κ3) is 2.74. The Morgan fingerprint density at radius 1 is 1.39 bits per heavy atom. The van der Waals surface area contributed by atoms with E-state index >= 15 is 0 Å². The van der Waals surface area contributed by atoms with Gasteiger partial charge in [-0.15, -0.1) is 0 Å². The summed E-state index contributed by atoms with van der Waals surface area (Å²) in [6, 6.07) is 5.43. The second kappa shape index (κ2) is 5.83. The second-order valence-corrected chi connectivity index (χ2v) is 5.70. The first kappa shape index (κ1) is 13.5. The molecule has 2 rings (SSSR count). The molecule has 3 unspecified atom stereocenters. The molecule has 0 spiro atoms. The molecule has 0 aliphatic heterocycles. The molecule has 18 heavy (non-hydrogen) atoms. The molecule has 1 fully saturated rings. The fourth-order valence-electron chi connectivity index (χ4n) is 3.21. The molecule has 1 aliphatic rings. The number of rotatable bonds is 3. The number of aryl methyl sites for hydroxylation is 1. The molecule has 0 radical (unpaired) electrons. The summed E-state index contributed by atoms with van der Waals surface area (Å²) in [4.78, 5) is 0. The highest BCUT2D eigenvalue weighted by molar-refractivity contribution is 5.27. The Morgan fingerprint density at radius 2 is 2.17 bits per heavy atom. The number of hydrogen-bond acceptors (Lipinski definition) is 1. The summed E-state index contributed by atoms with van der Waals surface area (Å²) in [5.74, 6) is 1.12. The minimum Gasteiger partial charge on any atom is -0.324 e. The van der Waals surface area contributed by atoms with Gasteiger partial charge >= 0.3 is 0 Å². The zero-order chi connectivity index (χ0) is 13.1. The Bertz CT molecular complexity index is 402. The van der Waals surface area contributed by atoms with Crippen molar-refractivity contribution in [3.8, 4) is 0 Å². The summed E-state index contributed by atoms with van der Waals surface area (Å²) in [6.45, 7) is 4.05. The van der Waals surface area contributed by atoms with Crippen LogP contribution in [0.3, 0.4) is 0 Å². The lowest BCUT2D eigenvalue weighted by molar-refractivity contribution is 0.228. The van der Waals surface area contributed by atoms with Gasteiger partial charge in [0.05, 0.1) is 0 Å². The molecule has 0 heterocycles. The van der Waals surface area contributed by atoms with Gasteiger partial charge in [-0.25, -0.2) is 4.39 Å². The van der Waals surface area contributed by atoms with Crippen LogP contribution in [0.4, 0.5) is 4.39 Å². The molecule has 0 saturated heterocycles. The Hall–Kier alpha value is -0.890. The first-order chi connectivity index (χ1) is 8.63. The monoisotopic (exact) mass is 249 g/mol. The van der Waals surface area contributed by atoms with Crippen LogP contribution in [0.25, 0.3) is 0 Å². The van der Waals surface area contributed by atoms with Crippen molar-refractivity contribution in [2.45, 2.75) is 52.0 Å². The standard InChI is InChI=1S/C16H24FN/c1-3-12-7-5-8-13(10-12)16(18)14-9-4-6-11(2)15(14)17/h4,6,9,12-13,16H,3,5,7-8,10,18H2,1-2H3. The minimum atomic E-state index is -0.140. The van der Waals surface area contributed by atoms with E-state index in [1.54, 1.807) is 13.0 Å². The Morgan fingerprint density at radius 3 is 2.89 bits per heavy atom. The van der Waals surface area contributed by atoms with E-state index in [2.05, 4.69) is 6.92 Å². The van der Waals surface area contributed by atoms with E-state index in [-0.39, 0.29) is 11.9 Å². The van der Waals surface area contributed by atoms with Crippen LogP contribution in [0.15, 0.2) is 18.2 Å². The molecule has 0 bridgehead atoms. The lowest BCUT2D eigenvalue weighted by atomic mass is 9.75. The van der Waals surface area contributed by atoms with Gasteiger partial charge in [0.2, 0.25) is 0 Å². The van der Waals surface area contributed by atoms with Crippen LogP contribution in [-0.4, -0.2) is 0 Å². The van der Waals surface area contributed by atoms with Crippen LogP contribution >= 0.6 is 0 Å². The Kier molecular flexibility index (Phi) is 4.39. The van der Waals surface area contributed by atoms with Crippen molar-refractivity contribution < 1.29 is 4.39 Å². The molecule has 1 aromatic rings. The van der Waals surface area contributed by atoms with Gasteiger partial charge in [-0.2, -0.15) is 0 Å². The highest BCUT2D eigenvalue weighted by Gasteiger charge is 2.28.